The highest BCUT2D eigenvalue weighted by Gasteiger charge is 2.28. The molecule has 6 heteroatoms. The van der Waals surface area contributed by atoms with Crippen LogP contribution >= 0.6 is 0 Å². The number of rotatable bonds is 4. The van der Waals surface area contributed by atoms with Crippen LogP contribution in [0.5, 0.6) is 0 Å². The smallest absolute Gasteiger partial charge is 0.217 e. The maximum atomic E-state index is 13.4. The van der Waals surface area contributed by atoms with E-state index in [0.29, 0.717) is 24.7 Å². The molecule has 0 atom stereocenters. The molecule has 2 aromatic carbocycles. The second-order valence-electron chi connectivity index (χ2n) is 7.19. The number of H-pyrrole nitrogens is 1. The molecule has 30 heavy (non-hydrogen) atoms. The van der Waals surface area contributed by atoms with Crippen LogP contribution in [0.2, 0.25) is 0 Å². The fraction of sp³-hybridized carbons (Fsp3) is 0.167. The molecule has 0 bridgehead atoms. The number of halogens is 1. The van der Waals surface area contributed by atoms with E-state index < -0.39 is 6.29 Å². The van der Waals surface area contributed by atoms with Crippen LogP contribution in [0.15, 0.2) is 79.1 Å². The van der Waals surface area contributed by atoms with Crippen molar-refractivity contribution in [1.29, 1.82) is 0 Å². The van der Waals surface area contributed by atoms with Crippen molar-refractivity contribution in [3.8, 4) is 22.5 Å². The Hall–Kier alpha value is -3.35. The van der Waals surface area contributed by atoms with E-state index in [9.17, 15) is 4.39 Å². The molecule has 0 aliphatic carbocycles. The number of imidazole rings is 1. The maximum Gasteiger partial charge on any atom is 0.217 e. The molecule has 0 spiro atoms. The third-order valence-corrected chi connectivity index (χ3v) is 5.20. The number of nitrogens with zero attached hydrogens (tertiary/aromatic N) is 2. The van der Waals surface area contributed by atoms with Crippen LogP contribution in [0.1, 0.15) is 23.6 Å². The Labute approximate surface area is 173 Å². The molecule has 150 valence electrons. The van der Waals surface area contributed by atoms with Gasteiger partial charge in [-0.2, -0.15) is 0 Å². The van der Waals surface area contributed by atoms with Gasteiger partial charge < -0.3 is 14.5 Å². The van der Waals surface area contributed by atoms with Crippen molar-refractivity contribution in [2.45, 2.75) is 12.2 Å². The van der Waals surface area contributed by atoms with Gasteiger partial charge in [0.05, 0.1) is 24.6 Å². The highest BCUT2D eigenvalue weighted by atomic mass is 19.1. The number of pyridine rings is 1. The van der Waals surface area contributed by atoms with Gasteiger partial charge in [-0.1, -0.05) is 30.3 Å². The summed E-state index contributed by atoms with van der Waals surface area (Å²) >= 11 is 0. The second kappa shape index (κ2) is 8.18. The van der Waals surface area contributed by atoms with Crippen molar-refractivity contribution >= 4 is 0 Å². The zero-order valence-corrected chi connectivity index (χ0v) is 16.2. The Morgan fingerprint density at radius 1 is 0.833 bits per heavy atom. The third-order valence-electron chi connectivity index (χ3n) is 5.20. The van der Waals surface area contributed by atoms with Gasteiger partial charge in [0.15, 0.2) is 5.82 Å². The molecule has 0 amide bonds. The summed E-state index contributed by atoms with van der Waals surface area (Å²) in [5.41, 5.74) is 4.47. The van der Waals surface area contributed by atoms with Crippen molar-refractivity contribution < 1.29 is 13.9 Å². The summed E-state index contributed by atoms with van der Waals surface area (Å²) in [6, 6.07) is 20.3. The zero-order valence-electron chi connectivity index (χ0n) is 16.2. The van der Waals surface area contributed by atoms with Gasteiger partial charge in [-0.3, -0.25) is 4.98 Å². The number of nitrogens with one attached hydrogen (secondary N) is 1. The minimum atomic E-state index is -0.584. The highest BCUT2D eigenvalue weighted by Crippen LogP contribution is 2.34. The van der Waals surface area contributed by atoms with Crippen LogP contribution in [-0.4, -0.2) is 28.2 Å². The Balaban J connectivity index is 1.44. The quantitative estimate of drug-likeness (QED) is 0.516. The summed E-state index contributed by atoms with van der Waals surface area (Å²) < 4.78 is 25.4. The van der Waals surface area contributed by atoms with Crippen molar-refractivity contribution in [3.63, 3.8) is 0 Å². The van der Waals surface area contributed by atoms with Crippen LogP contribution in [0.25, 0.3) is 22.5 Å². The normalized spacial score (nSPS) is 19.0. The number of aromatic amines is 1. The number of hydrogen-bond acceptors (Lipinski definition) is 4. The van der Waals surface area contributed by atoms with Crippen LogP contribution in [0.4, 0.5) is 4.39 Å². The number of ether oxygens (including phenoxy) is 2. The lowest BCUT2D eigenvalue weighted by Crippen LogP contribution is -2.26. The van der Waals surface area contributed by atoms with Crippen LogP contribution < -0.4 is 0 Å². The first-order valence-corrected chi connectivity index (χ1v) is 9.82. The largest absolute Gasteiger partial charge is 0.345 e. The fourth-order valence-electron chi connectivity index (χ4n) is 3.63. The Morgan fingerprint density at radius 3 is 2.23 bits per heavy atom. The average Bonchev–Trinajstić information content (AvgIpc) is 3.26. The van der Waals surface area contributed by atoms with Gasteiger partial charge in [-0.25, -0.2) is 9.37 Å². The summed E-state index contributed by atoms with van der Waals surface area (Å²) in [5.74, 6) is 0.493. The van der Waals surface area contributed by atoms with Crippen molar-refractivity contribution in [2.24, 2.45) is 0 Å². The first kappa shape index (κ1) is 18.7. The molecule has 2 aromatic heterocycles. The Bertz CT molecular complexity index is 1110. The predicted molar refractivity (Wildman–Crippen MR) is 111 cm³/mol. The Morgan fingerprint density at radius 2 is 1.53 bits per heavy atom. The van der Waals surface area contributed by atoms with Gasteiger partial charge in [-0.05, 0) is 42.0 Å². The lowest BCUT2D eigenvalue weighted by Gasteiger charge is -2.28. The molecule has 0 radical (unpaired) electrons. The van der Waals surface area contributed by atoms with Gasteiger partial charge in [0.25, 0.3) is 0 Å². The maximum absolute atomic E-state index is 13.4. The van der Waals surface area contributed by atoms with E-state index in [1.807, 2.05) is 30.3 Å². The molecular weight excluding hydrogens is 381 g/mol. The molecule has 0 saturated carbocycles. The second-order valence-corrected chi connectivity index (χ2v) is 7.19. The monoisotopic (exact) mass is 401 g/mol. The predicted octanol–water partition coefficient (Wildman–Crippen LogP) is 5.11. The lowest BCUT2D eigenvalue weighted by molar-refractivity contribution is -0.195. The molecule has 3 heterocycles. The minimum Gasteiger partial charge on any atom is -0.345 e. The van der Waals surface area contributed by atoms with Gasteiger partial charge in [0.2, 0.25) is 6.29 Å². The average molecular weight is 401 g/mol. The minimum absolute atomic E-state index is 0.189. The highest BCUT2D eigenvalue weighted by molar-refractivity contribution is 5.78. The standard InChI is InChI=1S/C24H20FN3O2/c25-20-8-6-17(7-9-20)21-22(18-10-12-26-13-11-18)28-23(27-21)24-29-14-19(15-30-24)16-4-2-1-3-5-16/h1-13,19,24H,14-15H2,(H,27,28). The molecule has 5 rings (SSSR count). The molecule has 1 fully saturated rings. The summed E-state index contributed by atoms with van der Waals surface area (Å²) in [4.78, 5) is 12.2. The number of aromatic nitrogens is 3. The topological polar surface area (TPSA) is 60.0 Å². The van der Waals surface area contributed by atoms with Gasteiger partial charge in [0, 0.05) is 29.4 Å². The van der Waals surface area contributed by atoms with Crippen LogP contribution in [0, 0.1) is 5.82 Å². The number of benzene rings is 2. The van der Waals surface area contributed by atoms with Crippen LogP contribution in [-0.2, 0) is 9.47 Å². The van der Waals surface area contributed by atoms with Crippen molar-refractivity contribution in [2.75, 3.05) is 13.2 Å². The summed E-state index contributed by atoms with van der Waals surface area (Å²) in [7, 11) is 0. The van der Waals surface area contributed by atoms with E-state index in [1.54, 1.807) is 24.5 Å². The van der Waals surface area contributed by atoms with Crippen molar-refractivity contribution in [1.82, 2.24) is 15.0 Å². The van der Waals surface area contributed by atoms with Gasteiger partial charge in [0.1, 0.15) is 5.82 Å². The molecular formula is C24H20FN3O2. The van der Waals surface area contributed by atoms with E-state index in [-0.39, 0.29) is 11.7 Å². The first-order valence-electron chi connectivity index (χ1n) is 9.82. The van der Waals surface area contributed by atoms with E-state index in [4.69, 9.17) is 14.5 Å². The summed E-state index contributed by atoms with van der Waals surface area (Å²) in [5, 5.41) is 0. The van der Waals surface area contributed by atoms with E-state index >= 15 is 0 Å². The van der Waals surface area contributed by atoms with E-state index in [0.717, 1.165) is 16.8 Å². The lowest BCUT2D eigenvalue weighted by atomic mass is 10.0. The molecule has 1 N–H and O–H groups in total. The van der Waals surface area contributed by atoms with Gasteiger partial charge in [-0.15, -0.1) is 0 Å². The van der Waals surface area contributed by atoms with Crippen LogP contribution in [0.3, 0.4) is 0 Å². The van der Waals surface area contributed by atoms with E-state index in [1.165, 1.54) is 17.7 Å². The fourth-order valence-corrected chi connectivity index (χ4v) is 3.63. The molecule has 1 aliphatic heterocycles. The molecule has 0 unspecified atom stereocenters. The van der Waals surface area contributed by atoms with E-state index in [2.05, 4.69) is 22.1 Å². The molecule has 1 aliphatic rings. The third kappa shape index (κ3) is 3.75. The van der Waals surface area contributed by atoms with Gasteiger partial charge >= 0.3 is 0 Å². The number of hydrogen-bond donors (Lipinski definition) is 1. The summed E-state index contributed by atoms with van der Waals surface area (Å²) in [6.45, 7) is 1.09. The zero-order chi connectivity index (χ0) is 20.3. The molecule has 4 aromatic rings. The Kier molecular flexibility index (Phi) is 5.09. The first-order chi connectivity index (χ1) is 14.8. The molecule has 5 nitrogen and oxygen atoms in total. The SMILES string of the molecule is Fc1ccc(-c2nc(C3OCC(c4ccccc4)CO3)[nH]c2-c2ccncc2)cc1. The molecule has 1 saturated heterocycles. The summed E-state index contributed by atoms with van der Waals surface area (Å²) in [6.07, 6.45) is 2.87. The van der Waals surface area contributed by atoms with Crippen molar-refractivity contribution in [3.05, 3.63) is 96.3 Å².